The fourth-order valence-electron chi connectivity index (χ4n) is 3.84. The molecule has 164 valence electrons. The number of carbonyl (C=O) groups is 1. The Morgan fingerprint density at radius 3 is 2.47 bits per heavy atom. The third kappa shape index (κ3) is 4.18. The summed E-state index contributed by atoms with van der Waals surface area (Å²) < 4.78 is 16.8. The zero-order chi connectivity index (χ0) is 22.7. The molecule has 1 aliphatic heterocycles. The maximum atomic E-state index is 13.0. The molecule has 0 unspecified atom stereocenters. The Morgan fingerprint density at radius 1 is 0.969 bits per heavy atom. The van der Waals surface area contributed by atoms with E-state index in [2.05, 4.69) is 4.90 Å². The number of fused-ring (bicyclic) bond motifs is 1. The lowest BCUT2D eigenvalue weighted by molar-refractivity contribution is 0.101. The number of carbonyl (C=O) groups excluding carboxylic acids is 1. The first-order chi connectivity index (χ1) is 15.5. The van der Waals surface area contributed by atoms with Crippen molar-refractivity contribution in [1.82, 2.24) is 4.90 Å². The van der Waals surface area contributed by atoms with Crippen LogP contribution in [0.5, 0.6) is 23.0 Å². The molecule has 3 aromatic carbocycles. The van der Waals surface area contributed by atoms with Gasteiger partial charge in [-0.05, 0) is 36.9 Å². The maximum absolute atomic E-state index is 13.0. The third-order valence-electron chi connectivity index (χ3n) is 5.36. The fraction of sp³-hybridized carbons (Fsp3) is 0.192. The van der Waals surface area contributed by atoms with Gasteiger partial charge in [0.25, 0.3) is 0 Å². The Kier molecular flexibility index (Phi) is 6.14. The molecule has 4 rings (SSSR count). The van der Waals surface area contributed by atoms with E-state index in [1.165, 1.54) is 0 Å². The van der Waals surface area contributed by atoms with Crippen molar-refractivity contribution in [1.29, 1.82) is 0 Å². The second-order valence-corrected chi connectivity index (χ2v) is 7.62. The van der Waals surface area contributed by atoms with E-state index in [1.54, 1.807) is 38.5 Å². The molecule has 0 spiro atoms. The van der Waals surface area contributed by atoms with Gasteiger partial charge in [-0.1, -0.05) is 42.5 Å². The molecule has 6 nitrogen and oxygen atoms in total. The number of Topliss-reactive ketones (excluding diaryl/α,β-unsaturated/α-hetero) is 1. The highest BCUT2D eigenvalue weighted by molar-refractivity contribution is 6.15. The van der Waals surface area contributed by atoms with Crippen molar-refractivity contribution in [2.24, 2.45) is 0 Å². The van der Waals surface area contributed by atoms with Gasteiger partial charge in [-0.25, -0.2) is 0 Å². The molecule has 0 saturated carbocycles. The minimum absolute atomic E-state index is 0.0941. The van der Waals surface area contributed by atoms with Crippen molar-refractivity contribution in [3.63, 3.8) is 0 Å². The second kappa shape index (κ2) is 9.16. The first-order valence-corrected chi connectivity index (χ1v) is 10.2. The van der Waals surface area contributed by atoms with Gasteiger partial charge in [-0.2, -0.15) is 0 Å². The summed E-state index contributed by atoms with van der Waals surface area (Å²) in [5.41, 5.74) is 2.83. The van der Waals surface area contributed by atoms with E-state index in [0.717, 1.165) is 5.56 Å². The first kappa shape index (κ1) is 21.5. The van der Waals surface area contributed by atoms with E-state index in [9.17, 15) is 9.90 Å². The number of nitrogens with zero attached hydrogens (tertiary/aromatic N) is 1. The number of rotatable bonds is 7. The summed E-state index contributed by atoms with van der Waals surface area (Å²) in [5, 5.41) is 10.5. The number of ether oxygens (including phenoxy) is 3. The van der Waals surface area contributed by atoms with Gasteiger partial charge in [0, 0.05) is 18.7 Å². The van der Waals surface area contributed by atoms with Crippen LogP contribution >= 0.6 is 0 Å². The second-order valence-electron chi connectivity index (χ2n) is 7.62. The average Bonchev–Trinajstić information content (AvgIpc) is 3.11. The molecule has 0 fully saturated rings. The van der Waals surface area contributed by atoms with Crippen LogP contribution in [0.4, 0.5) is 0 Å². The van der Waals surface area contributed by atoms with Crippen molar-refractivity contribution >= 4 is 11.9 Å². The molecule has 1 heterocycles. The van der Waals surface area contributed by atoms with Crippen LogP contribution in [0, 0.1) is 0 Å². The van der Waals surface area contributed by atoms with Crippen LogP contribution in [0.25, 0.3) is 6.08 Å². The number of para-hydroxylation sites is 1. The summed E-state index contributed by atoms with van der Waals surface area (Å²) in [6, 6.07) is 18.6. The standard InChI is InChI=1S/C26H25NO5/c1-27(15-17-8-5-4-6-9-17)16-20-21(28)13-12-19-24(29)23(32-26(19)20)14-18-10-7-11-22(30-2)25(18)31-3/h4-14,28H,15-16H2,1-3H3. The van der Waals surface area contributed by atoms with Crippen molar-refractivity contribution in [3.8, 4) is 23.0 Å². The molecule has 0 aromatic heterocycles. The SMILES string of the molecule is COc1cccc(C=C2Oc3c(ccc(O)c3CN(C)Cc3ccccc3)C2=O)c1OC. The third-order valence-corrected chi connectivity index (χ3v) is 5.36. The van der Waals surface area contributed by atoms with E-state index in [4.69, 9.17) is 14.2 Å². The van der Waals surface area contributed by atoms with Gasteiger partial charge in [0.1, 0.15) is 11.5 Å². The van der Waals surface area contributed by atoms with Gasteiger partial charge in [0.05, 0.1) is 25.3 Å². The minimum Gasteiger partial charge on any atom is -0.507 e. The van der Waals surface area contributed by atoms with Crippen LogP contribution in [0.15, 0.2) is 66.4 Å². The molecule has 0 atom stereocenters. The Bertz CT molecular complexity index is 1170. The van der Waals surface area contributed by atoms with Gasteiger partial charge in [0.2, 0.25) is 5.78 Å². The van der Waals surface area contributed by atoms with Gasteiger partial charge in [0.15, 0.2) is 17.3 Å². The summed E-state index contributed by atoms with van der Waals surface area (Å²) in [6.45, 7) is 1.12. The van der Waals surface area contributed by atoms with E-state index >= 15 is 0 Å². The van der Waals surface area contributed by atoms with Gasteiger partial charge in [-0.15, -0.1) is 0 Å². The number of phenols is 1. The smallest absolute Gasteiger partial charge is 0.231 e. The highest BCUT2D eigenvalue weighted by atomic mass is 16.5. The lowest BCUT2D eigenvalue weighted by atomic mass is 10.0. The normalized spacial score (nSPS) is 13.9. The zero-order valence-electron chi connectivity index (χ0n) is 18.3. The topological polar surface area (TPSA) is 68.2 Å². The van der Waals surface area contributed by atoms with Crippen LogP contribution in [0.1, 0.15) is 27.0 Å². The summed E-state index contributed by atoms with van der Waals surface area (Å²) in [5.74, 6) is 1.49. The molecule has 0 amide bonds. The van der Waals surface area contributed by atoms with E-state index < -0.39 is 0 Å². The summed E-state index contributed by atoms with van der Waals surface area (Å²) in [4.78, 5) is 15.1. The van der Waals surface area contributed by atoms with Crippen LogP contribution < -0.4 is 14.2 Å². The molecule has 6 heteroatoms. The average molecular weight is 431 g/mol. The van der Waals surface area contributed by atoms with Crippen LogP contribution in [0.3, 0.4) is 0 Å². The Balaban J connectivity index is 1.64. The molecule has 0 radical (unpaired) electrons. The molecule has 0 aliphatic carbocycles. The lowest BCUT2D eigenvalue weighted by Gasteiger charge is -2.19. The summed E-state index contributed by atoms with van der Waals surface area (Å²) in [6.07, 6.45) is 1.64. The van der Waals surface area contributed by atoms with E-state index in [0.29, 0.717) is 47.0 Å². The quantitative estimate of drug-likeness (QED) is 0.549. The number of hydrogen-bond donors (Lipinski definition) is 1. The molecule has 1 N–H and O–H groups in total. The number of aromatic hydroxyl groups is 1. The molecule has 0 bridgehead atoms. The van der Waals surface area contributed by atoms with Crippen molar-refractivity contribution in [3.05, 3.63) is 88.7 Å². The largest absolute Gasteiger partial charge is 0.507 e. The molecular weight excluding hydrogens is 406 g/mol. The number of methoxy groups -OCH3 is 2. The lowest BCUT2D eigenvalue weighted by Crippen LogP contribution is -2.17. The highest BCUT2D eigenvalue weighted by Gasteiger charge is 2.31. The van der Waals surface area contributed by atoms with Crippen LogP contribution in [0.2, 0.25) is 0 Å². The summed E-state index contributed by atoms with van der Waals surface area (Å²) in [7, 11) is 5.06. The van der Waals surface area contributed by atoms with Gasteiger partial charge in [-0.3, -0.25) is 9.69 Å². The predicted molar refractivity (Wildman–Crippen MR) is 122 cm³/mol. The predicted octanol–water partition coefficient (Wildman–Crippen LogP) is 4.66. The number of ketones is 1. The van der Waals surface area contributed by atoms with E-state index in [1.807, 2.05) is 49.5 Å². The van der Waals surface area contributed by atoms with E-state index in [-0.39, 0.29) is 17.3 Å². The number of allylic oxidation sites excluding steroid dienone is 1. The fourth-order valence-corrected chi connectivity index (χ4v) is 3.84. The molecule has 3 aromatic rings. The van der Waals surface area contributed by atoms with Crippen LogP contribution in [-0.2, 0) is 13.1 Å². The number of hydrogen-bond acceptors (Lipinski definition) is 6. The molecule has 32 heavy (non-hydrogen) atoms. The Hall–Kier alpha value is -3.77. The zero-order valence-corrected chi connectivity index (χ0v) is 18.3. The monoisotopic (exact) mass is 431 g/mol. The molecule has 1 aliphatic rings. The molecule has 0 saturated heterocycles. The molecular formula is C26H25NO5. The Labute approximate surface area is 187 Å². The maximum Gasteiger partial charge on any atom is 0.231 e. The van der Waals surface area contributed by atoms with Crippen molar-refractivity contribution < 1.29 is 24.1 Å². The number of benzene rings is 3. The minimum atomic E-state index is -0.239. The first-order valence-electron chi connectivity index (χ1n) is 10.2. The van der Waals surface area contributed by atoms with Crippen molar-refractivity contribution in [2.75, 3.05) is 21.3 Å². The van der Waals surface area contributed by atoms with Crippen LogP contribution in [-0.4, -0.2) is 37.1 Å². The Morgan fingerprint density at radius 2 is 1.75 bits per heavy atom. The highest BCUT2D eigenvalue weighted by Crippen LogP contribution is 2.41. The van der Waals surface area contributed by atoms with Gasteiger partial charge < -0.3 is 19.3 Å². The number of phenolic OH excluding ortho intramolecular Hbond substituents is 1. The summed E-state index contributed by atoms with van der Waals surface area (Å²) >= 11 is 0. The van der Waals surface area contributed by atoms with Crippen molar-refractivity contribution in [2.45, 2.75) is 13.1 Å². The van der Waals surface area contributed by atoms with Gasteiger partial charge >= 0.3 is 0 Å².